The molecule has 1 unspecified atom stereocenters. The van der Waals surface area contributed by atoms with Gasteiger partial charge in [-0.15, -0.1) is 0 Å². The van der Waals surface area contributed by atoms with E-state index in [1.54, 1.807) is 0 Å². The van der Waals surface area contributed by atoms with Crippen LogP contribution in [0.2, 0.25) is 0 Å². The fourth-order valence-corrected chi connectivity index (χ4v) is 1.38. The van der Waals surface area contributed by atoms with Gasteiger partial charge in [-0.05, 0) is 6.42 Å². The summed E-state index contributed by atoms with van der Waals surface area (Å²) in [6, 6.07) is 0. The monoisotopic (exact) mass is 223 g/mol. The van der Waals surface area contributed by atoms with Crippen LogP contribution in [0.4, 0.5) is 0 Å². The SMILES string of the molecule is CCCC(O)Cc1nc(-c2ncn[nH]2)no1. The van der Waals surface area contributed by atoms with E-state index in [0.717, 1.165) is 12.8 Å². The third-order valence-electron chi connectivity index (χ3n) is 2.13. The zero-order valence-corrected chi connectivity index (χ0v) is 8.92. The van der Waals surface area contributed by atoms with Crippen molar-refractivity contribution in [2.75, 3.05) is 0 Å². The molecular formula is C9H13N5O2. The number of aromatic nitrogens is 5. The van der Waals surface area contributed by atoms with Gasteiger partial charge in [0.05, 0.1) is 12.5 Å². The van der Waals surface area contributed by atoms with Crippen LogP contribution in [0.15, 0.2) is 10.9 Å². The summed E-state index contributed by atoms with van der Waals surface area (Å²) in [5.41, 5.74) is 0. The number of aliphatic hydroxyl groups is 1. The van der Waals surface area contributed by atoms with Gasteiger partial charge < -0.3 is 9.63 Å². The molecule has 0 saturated carbocycles. The predicted octanol–water partition coefficient (Wildman–Crippen LogP) is 0.558. The van der Waals surface area contributed by atoms with Crippen LogP contribution in [0.25, 0.3) is 11.6 Å². The number of aliphatic hydroxyl groups excluding tert-OH is 1. The Hall–Kier alpha value is -1.76. The minimum Gasteiger partial charge on any atom is -0.393 e. The Morgan fingerprint density at radius 2 is 2.44 bits per heavy atom. The van der Waals surface area contributed by atoms with E-state index in [9.17, 15) is 5.11 Å². The zero-order valence-electron chi connectivity index (χ0n) is 8.92. The minimum absolute atomic E-state index is 0.358. The second-order valence-corrected chi connectivity index (χ2v) is 3.49. The molecule has 7 nitrogen and oxygen atoms in total. The number of nitrogens with zero attached hydrogens (tertiary/aromatic N) is 4. The lowest BCUT2D eigenvalue weighted by Crippen LogP contribution is -2.09. The van der Waals surface area contributed by atoms with Crippen molar-refractivity contribution in [3.05, 3.63) is 12.2 Å². The van der Waals surface area contributed by atoms with Gasteiger partial charge in [0.2, 0.25) is 11.7 Å². The van der Waals surface area contributed by atoms with Gasteiger partial charge in [0.25, 0.3) is 0 Å². The van der Waals surface area contributed by atoms with E-state index < -0.39 is 6.10 Å². The van der Waals surface area contributed by atoms with Crippen LogP contribution in [0.5, 0.6) is 0 Å². The minimum atomic E-state index is -0.437. The lowest BCUT2D eigenvalue weighted by Gasteiger charge is -2.03. The fraction of sp³-hybridized carbons (Fsp3) is 0.556. The molecule has 0 spiro atoms. The van der Waals surface area contributed by atoms with Crippen LogP contribution < -0.4 is 0 Å². The lowest BCUT2D eigenvalue weighted by molar-refractivity contribution is 0.152. The van der Waals surface area contributed by atoms with Crippen LogP contribution >= 0.6 is 0 Å². The molecule has 2 N–H and O–H groups in total. The van der Waals surface area contributed by atoms with E-state index in [1.807, 2.05) is 6.92 Å². The molecule has 0 fully saturated rings. The maximum absolute atomic E-state index is 9.58. The number of nitrogens with one attached hydrogen (secondary N) is 1. The standard InChI is InChI=1S/C9H13N5O2/c1-2-3-6(15)4-7-12-9(14-16-7)8-10-5-11-13-8/h5-6,15H,2-4H2,1H3,(H,10,11,13). The average Bonchev–Trinajstić information content (AvgIpc) is 2.86. The molecule has 0 bridgehead atoms. The predicted molar refractivity (Wildman–Crippen MR) is 54.3 cm³/mol. The molecule has 0 aliphatic heterocycles. The maximum Gasteiger partial charge on any atom is 0.239 e. The normalized spacial score (nSPS) is 12.9. The summed E-state index contributed by atoms with van der Waals surface area (Å²) in [6.07, 6.45) is 2.95. The van der Waals surface area contributed by atoms with Gasteiger partial charge in [-0.1, -0.05) is 18.5 Å². The van der Waals surface area contributed by atoms with Gasteiger partial charge in [-0.25, -0.2) is 4.98 Å². The molecule has 0 aliphatic carbocycles. The highest BCUT2D eigenvalue weighted by atomic mass is 16.5. The quantitative estimate of drug-likeness (QED) is 0.768. The highest BCUT2D eigenvalue weighted by Gasteiger charge is 2.13. The molecule has 1 atom stereocenters. The Morgan fingerprint density at radius 3 is 3.12 bits per heavy atom. The van der Waals surface area contributed by atoms with Crippen molar-refractivity contribution in [2.45, 2.75) is 32.3 Å². The molecular weight excluding hydrogens is 210 g/mol. The van der Waals surface area contributed by atoms with E-state index in [-0.39, 0.29) is 0 Å². The maximum atomic E-state index is 9.58. The van der Waals surface area contributed by atoms with E-state index in [2.05, 4.69) is 25.3 Å². The first-order valence-electron chi connectivity index (χ1n) is 5.16. The summed E-state index contributed by atoms with van der Waals surface area (Å²) < 4.78 is 5.00. The van der Waals surface area contributed by atoms with E-state index >= 15 is 0 Å². The molecule has 0 aromatic carbocycles. The third-order valence-corrected chi connectivity index (χ3v) is 2.13. The summed E-state index contributed by atoms with van der Waals surface area (Å²) in [5, 5.41) is 19.6. The van der Waals surface area contributed by atoms with Crippen molar-refractivity contribution in [1.29, 1.82) is 0 Å². The number of aromatic amines is 1. The van der Waals surface area contributed by atoms with Crippen molar-refractivity contribution in [1.82, 2.24) is 25.3 Å². The van der Waals surface area contributed by atoms with E-state index in [1.165, 1.54) is 6.33 Å². The summed E-state index contributed by atoms with van der Waals surface area (Å²) in [6.45, 7) is 2.01. The third kappa shape index (κ3) is 2.43. The molecule has 86 valence electrons. The van der Waals surface area contributed by atoms with E-state index in [0.29, 0.717) is 24.0 Å². The molecule has 0 amide bonds. The summed E-state index contributed by atoms with van der Waals surface area (Å²) >= 11 is 0. The van der Waals surface area contributed by atoms with Gasteiger partial charge in [-0.3, -0.25) is 5.10 Å². The Bertz CT molecular complexity index is 425. The Labute approximate surface area is 91.9 Å². The molecule has 2 rings (SSSR count). The summed E-state index contributed by atoms with van der Waals surface area (Å²) in [5.74, 6) is 1.23. The number of rotatable bonds is 5. The second-order valence-electron chi connectivity index (χ2n) is 3.49. The average molecular weight is 223 g/mol. The van der Waals surface area contributed by atoms with Crippen molar-refractivity contribution in [3.8, 4) is 11.6 Å². The highest BCUT2D eigenvalue weighted by molar-refractivity contribution is 5.39. The Morgan fingerprint density at radius 1 is 1.56 bits per heavy atom. The van der Waals surface area contributed by atoms with Crippen LogP contribution in [-0.4, -0.2) is 36.5 Å². The molecule has 16 heavy (non-hydrogen) atoms. The topological polar surface area (TPSA) is 101 Å². The van der Waals surface area contributed by atoms with Gasteiger partial charge in [-0.2, -0.15) is 10.1 Å². The lowest BCUT2D eigenvalue weighted by atomic mass is 10.1. The Kier molecular flexibility index (Phi) is 3.25. The molecule has 0 radical (unpaired) electrons. The summed E-state index contributed by atoms with van der Waals surface area (Å²) in [4.78, 5) is 8.00. The van der Waals surface area contributed by atoms with Crippen LogP contribution in [0.1, 0.15) is 25.7 Å². The second kappa shape index (κ2) is 4.84. The number of H-pyrrole nitrogens is 1. The molecule has 2 heterocycles. The van der Waals surface area contributed by atoms with Crippen molar-refractivity contribution in [3.63, 3.8) is 0 Å². The molecule has 0 aliphatic rings. The molecule has 0 saturated heterocycles. The molecule has 2 aromatic heterocycles. The first kappa shape index (κ1) is 10.7. The van der Waals surface area contributed by atoms with Gasteiger partial charge >= 0.3 is 0 Å². The van der Waals surface area contributed by atoms with Crippen molar-refractivity contribution >= 4 is 0 Å². The van der Waals surface area contributed by atoms with Gasteiger partial charge in [0.1, 0.15) is 6.33 Å². The van der Waals surface area contributed by atoms with E-state index in [4.69, 9.17) is 4.52 Å². The smallest absolute Gasteiger partial charge is 0.239 e. The largest absolute Gasteiger partial charge is 0.393 e. The van der Waals surface area contributed by atoms with Gasteiger partial charge in [0.15, 0.2) is 5.82 Å². The number of hydrogen-bond acceptors (Lipinski definition) is 6. The molecule has 7 heteroatoms. The summed E-state index contributed by atoms with van der Waals surface area (Å²) in [7, 11) is 0. The first-order chi connectivity index (χ1) is 7.79. The van der Waals surface area contributed by atoms with Crippen LogP contribution in [0, 0.1) is 0 Å². The van der Waals surface area contributed by atoms with Crippen molar-refractivity contribution in [2.24, 2.45) is 0 Å². The number of hydrogen-bond donors (Lipinski definition) is 2. The highest BCUT2D eigenvalue weighted by Crippen LogP contribution is 2.11. The fourth-order valence-electron chi connectivity index (χ4n) is 1.38. The van der Waals surface area contributed by atoms with Crippen LogP contribution in [-0.2, 0) is 6.42 Å². The zero-order chi connectivity index (χ0) is 11.4. The first-order valence-corrected chi connectivity index (χ1v) is 5.16. The van der Waals surface area contributed by atoms with Gasteiger partial charge in [0, 0.05) is 0 Å². The Balaban J connectivity index is 2.03. The van der Waals surface area contributed by atoms with Crippen LogP contribution in [0.3, 0.4) is 0 Å². The molecule has 2 aromatic rings. The van der Waals surface area contributed by atoms with Crippen molar-refractivity contribution < 1.29 is 9.63 Å².